The first-order valence-electron chi connectivity index (χ1n) is 27.6. The minimum atomic E-state index is -0.0210. The zero-order chi connectivity index (χ0) is 54.2. The maximum Gasteiger partial charge on any atom is 0.253 e. The molecular weight excluding hydrogens is 987 g/mol. The fourth-order valence-corrected chi connectivity index (χ4v) is 14.5. The normalized spacial score (nSPS) is 13.9. The molecule has 0 fully saturated rings. The van der Waals surface area contributed by atoms with E-state index in [0.29, 0.717) is 0 Å². The van der Waals surface area contributed by atoms with Gasteiger partial charge in [0.2, 0.25) is 0 Å². The largest absolute Gasteiger partial charge is 0.458 e. The summed E-state index contributed by atoms with van der Waals surface area (Å²) in [5, 5.41) is 0. The predicted molar refractivity (Wildman–Crippen MR) is 334 cm³/mol. The van der Waals surface area contributed by atoms with Gasteiger partial charge in [-0.3, -0.25) is 0 Å². The van der Waals surface area contributed by atoms with E-state index in [4.69, 9.17) is 9.47 Å². The summed E-state index contributed by atoms with van der Waals surface area (Å²) in [6.45, 7) is 27.3. The van der Waals surface area contributed by atoms with Crippen molar-refractivity contribution in [3.05, 3.63) is 204 Å². The van der Waals surface area contributed by atoms with E-state index in [2.05, 4.69) is 275 Å². The number of hydrogen-bond acceptors (Lipinski definition) is 6. The highest BCUT2D eigenvalue weighted by molar-refractivity contribution is 8.01. The average Bonchev–Trinajstić information content (AvgIpc) is 3.29. The Morgan fingerprint density at radius 2 is 0.603 bits per heavy atom. The molecule has 0 bridgehead atoms. The summed E-state index contributed by atoms with van der Waals surface area (Å²) < 4.78 is 14.1. The van der Waals surface area contributed by atoms with E-state index in [1.807, 2.05) is 23.5 Å². The third-order valence-corrected chi connectivity index (χ3v) is 18.6. The van der Waals surface area contributed by atoms with E-state index >= 15 is 0 Å². The monoisotopic (exact) mass is 1050 g/mol. The number of rotatable bonds is 6. The Morgan fingerprint density at radius 3 is 0.910 bits per heavy atom. The van der Waals surface area contributed by atoms with Crippen molar-refractivity contribution in [2.24, 2.45) is 0 Å². The molecule has 13 rings (SSSR count). The van der Waals surface area contributed by atoms with Crippen LogP contribution in [0, 0.1) is 0 Å². The Balaban J connectivity index is 0.965. The van der Waals surface area contributed by atoms with Gasteiger partial charge in [0.1, 0.15) is 23.0 Å². The highest BCUT2D eigenvalue weighted by Gasteiger charge is 2.45. The fourth-order valence-electron chi connectivity index (χ4n) is 12.0. The second-order valence-corrected chi connectivity index (χ2v) is 28.0. The summed E-state index contributed by atoms with van der Waals surface area (Å²) in [5.74, 6) is 3.62. The molecule has 386 valence electrons. The molecule has 78 heavy (non-hydrogen) atoms. The van der Waals surface area contributed by atoms with Crippen LogP contribution >= 0.6 is 23.5 Å². The maximum atomic E-state index is 7.07. The molecule has 9 aromatic rings. The lowest BCUT2D eigenvalue weighted by atomic mass is 9.32. The van der Waals surface area contributed by atoms with Crippen LogP contribution in [0.25, 0.3) is 0 Å². The Hall–Kier alpha value is -6.99. The molecule has 4 nitrogen and oxygen atoms in total. The summed E-state index contributed by atoms with van der Waals surface area (Å²) in [6, 6.07) is 68.3. The molecule has 0 aliphatic carbocycles. The summed E-state index contributed by atoms with van der Waals surface area (Å²) in [7, 11) is 0. The van der Waals surface area contributed by atoms with Crippen LogP contribution in [0.2, 0.25) is 0 Å². The lowest BCUT2D eigenvalue weighted by molar-refractivity contribution is 0.486. The van der Waals surface area contributed by atoms with Crippen LogP contribution in [0.15, 0.2) is 202 Å². The van der Waals surface area contributed by atoms with Gasteiger partial charge < -0.3 is 19.3 Å². The first-order valence-corrected chi connectivity index (χ1v) is 29.2. The predicted octanol–water partition coefficient (Wildman–Crippen LogP) is 16.0. The summed E-state index contributed by atoms with van der Waals surface area (Å²) in [4.78, 5) is 9.78. The molecule has 0 N–H and O–H groups in total. The van der Waals surface area contributed by atoms with Crippen LogP contribution in [0.4, 0.5) is 34.1 Å². The van der Waals surface area contributed by atoms with Gasteiger partial charge in [-0.15, -0.1) is 0 Å². The fraction of sp³-hybridized carbons (Fsp3) is 0.229. The smallest absolute Gasteiger partial charge is 0.253 e. The summed E-state index contributed by atoms with van der Waals surface area (Å²) in [5.41, 5.74) is 19.4. The lowest BCUT2D eigenvalue weighted by Crippen LogP contribution is -2.62. The molecule has 4 aliphatic heterocycles. The average molecular weight is 1050 g/mol. The molecule has 0 saturated heterocycles. The molecule has 0 atom stereocenters. The minimum absolute atomic E-state index is 0.0210. The van der Waals surface area contributed by atoms with E-state index in [1.165, 1.54) is 74.6 Å². The van der Waals surface area contributed by atoms with Crippen molar-refractivity contribution in [2.75, 3.05) is 9.80 Å². The molecule has 4 heterocycles. The number of fused-ring (bicyclic) bond motifs is 8. The van der Waals surface area contributed by atoms with Crippen molar-refractivity contribution in [1.82, 2.24) is 0 Å². The lowest BCUT2D eigenvalue weighted by Gasteiger charge is -2.38. The molecule has 0 aromatic heterocycles. The van der Waals surface area contributed by atoms with E-state index in [-0.39, 0.29) is 35.1 Å². The van der Waals surface area contributed by atoms with Gasteiger partial charge in [0.15, 0.2) is 0 Å². The Bertz CT molecular complexity index is 3480. The third kappa shape index (κ3) is 8.75. The first-order chi connectivity index (χ1) is 37.2. The third-order valence-electron chi connectivity index (χ3n) is 16.3. The Morgan fingerprint density at radius 1 is 0.295 bits per heavy atom. The van der Waals surface area contributed by atoms with Gasteiger partial charge in [0.05, 0.1) is 11.4 Å². The molecule has 0 saturated carbocycles. The Labute approximate surface area is 471 Å². The molecule has 0 radical (unpaired) electrons. The van der Waals surface area contributed by atoms with Crippen molar-refractivity contribution in [3.8, 4) is 23.0 Å². The van der Waals surface area contributed by atoms with Crippen molar-refractivity contribution >= 4 is 104 Å². The Kier molecular flexibility index (Phi) is 11.8. The SMILES string of the molecule is CC(C)(C)c1ccc(N(c2ccc(C(C)(C)C)cc2)c2cc3c4c(c2)Sc2cc5c(cc2B4c2ccccc2O3)B2c3ccccc3Oc3cc(N(c4ccc(C(C)(C)C)cc4)c4ccc(C(C)(C)C)cc4)cc(c32)S5)cc1. The number of anilines is 6. The second kappa shape index (κ2) is 18.3. The zero-order valence-electron chi connectivity index (χ0n) is 47.0. The van der Waals surface area contributed by atoms with Crippen LogP contribution in [-0.4, -0.2) is 13.4 Å². The molecular formula is C70H66B2N2O2S2. The van der Waals surface area contributed by atoms with Crippen LogP contribution in [-0.2, 0) is 21.7 Å². The number of hydrogen-bond donors (Lipinski definition) is 0. The molecule has 8 heteroatoms. The highest BCUT2D eigenvalue weighted by atomic mass is 32.2. The molecule has 0 spiro atoms. The van der Waals surface area contributed by atoms with Crippen LogP contribution in [0.5, 0.6) is 23.0 Å². The number of benzene rings is 9. The van der Waals surface area contributed by atoms with E-state index in [9.17, 15) is 0 Å². The first kappa shape index (κ1) is 50.5. The summed E-state index contributed by atoms with van der Waals surface area (Å²) in [6.07, 6.45) is 0. The highest BCUT2D eigenvalue weighted by Crippen LogP contribution is 2.48. The van der Waals surface area contributed by atoms with Crippen molar-refractivity contribution in [2.45, 2.75) is 124 Å². The molecule has 0 unspecified atom stereocenters. The minimum Gasteiger partial charge on any atom is -0.458 e. The molecule has 4 aliphatic rings. The molecule has 0 amide bonds. The summed E-state index contributed by atoms with van der Waals surface area (Å²) >= 11 is 3.76. The van der Waals surface area contributed by atoms with E-state index in [0.717, 1.165) is 57.1 Å². The van der Waals surface area contributed by atoms with Gasteiger partial charge in [0.25, 0.3) is 13.4 Å². The van der Waals surface area contributed by atoms with Gasteiger partial charge in [-0.2, -0.15) is 0 Å². The zero-order valence-corrected chi connectivity index (χ0v) is 48.6. The topological polar surface area (TPSA) is 24.9 Å². The van der Waals surface area contributed by atoms with Gasteiger partial charge >= 0.3 is 0 Å². The van der Waals surface area contributed by atoms with Crippen molar-refractivity contribution < 1.29 is 9.47 Å². The standard InChI is InChI=1S/C70H66B2N2O2S2/c1-67(2,3)43-21-29-47(30-22-43)73(48-31-23-44(24-32-48)68(4,5)6)51-37-59-65-63(39-51)77-61-42-62-56(41-55(61)71(65)53-17-13-15-19-57(53)75-59)72-54-18-14-16-20-58(54)76-60-38-52(40-64(78-62)66(60)72)74(49-33-25-45(26-34-49)69(7,8)9)50-35-27-46(28-36-50)70(10,11)12/h13-42H,1-12H3. The quantitative estimate of drug-likeness (QED) is 0.154. The maximum absolute atomic E-state index is 7.07. The number of ether oxygens (including phenoxy) is 2. The van der Waals surface area contributed by atoms with Crippen LogP contribution < -0.4 is 52.1 Å². The second-order valence-electron chi connectivity index (χ2n) is 25.8. The van der Waals surface area contributed by atoms with Gasteiger partial charge in [-0.1, -0.05) is 209 Å². The van der Waals surface area contributed by atoms with Crippen LogP contribution in [0.3, 0.4) is 0 Å². The number of para-hydroxylation sites is 2. The van der Waals surface area contributed by atoms with Gasteiger partial charge in [0, 0.05) is 54.5 Å². The van der Waals surface area contributed by atoms with Crippen LogP contribution in [0.1, 0.15) is 105 Å². The van der Waals surface area contributed by atoms with E-state index in [1.54, 1.807) is 0 Å². The van der Waals surface area contributed by atoms with Gasteiger partial charge in [-0.25, -0.2) is 0 Å². The van der Waals surface area contributed by atoms with Crippen molar-refractivity contribution in [3.63, 3.8) is 0 Å². The van der Waals surface area contributed by atoms with Crippen molar-refractivity contribution in [1.29, 1.82) is 0 Å². The number of nitrogens with zero attached hydrogens (tertiary/aromatic N) is 2. The van der Waals surface area contributed by atoms with Gasteiger partial charge in [-0.05, 0) is 145 Å². The van der Waals surface area contributed by atoms with E-state index < -0.39 is 0 Å². The molecule has 9 aromatic carbocycles.